The topological polar surface area (TPSA) is 82.2 Å². The highest BCUT2D eigenvalue weighted by atomic mass is 16.2. The maximum atomic E-state index is 12.1. The van der Waals surface area contributed by atoms with Gasteiger partial charge in [0.2, 0.25) is 5.91 Å². The molecule has 5 heteroatoms. The number of amides is 1. The van der Waals surface area contributed by atoms with Crippen LogP contribution >= 0.6 is 0 Å². The predicted molar refractivity (Wildman–Crippen MR) is 73.6 cm³/mol. The first kappa shape index (κ1) is 13.4. The van der Waals surface area contributed by atoms with Crippen LogP contribution in [0.4, 0.5) is 5.69 Å². The molecular formula is C14H18N4O. The number of nitrogens with one attached hydrogen (secondary N) is 1. The molecule has 1 aromatic rings. The Hall–Kier alpha value is -2.06. The third-order valence-electron chi connectivity index (χ3n) is 3.26. The molecule has 1 fully saturated rings. The highest BCUT2D eigenvalue weighted by Crippen LogP contribution is 2.24. The van der Waals surface area contributed by atoms with Gasteiger partial charge in [0.15, 0.2) is 0 Å². The summed E-state index contributed by atoms with van der Waals surface area (Å²) in [5.41, 5.74) is 6.94. The van der Waals surface area contributed by atoms with Crippen LogP contribution in [0.2, 0.25) is 0 Å². The van der Waals surface area contributed by atoms with Crippen LogP contribution < -0.4 is 16.0 Å². The molecule has 1 aliphatic rings. The lowest BCUT2D eigenvalue weighted by Crippen LogP contribution is -2.66. The van der Waals surface area contributed by atoms with E-state index in [0.29, 0.717) is 12.1 Å². The number of piperazine rings is 1. The number of carbonyl (C=O) groups is 1. The SMILES string of the molecule is CC1(C)CN(c2ccc(C#N)cc2)C(CN)C(=O)N1. The second-order valence-corrected chi connectivity index (χ2v) is 5.41. The zero-order valence-corrected chi connectivity index (χ0v) is 11.2. The van der Waals surface area contributed by atoms with E-state index < -0.39 is 0 Å². The standard InChI is InChI=1S/C14H18N4O/c1-14(2)9-18(12(8-16)13(19)17-14)11-5-3-10(7-15)4-6-11/h3-6,12H,8-9,16H2,1-2H3,(H,17,19). The Morgan fingerprint density at radius 1 is 1.47 bits per heavy atom. The minimum Gasteiger partial charge on any atom is -0.356 e. The maximum absolute atomic E-state index is 12.1. The Balaban J connectivity index is 2.33. The van der Waals surface area contributed by atoms with E-state index >= 15 is 0 Å². The van der Waals surface area contributed by atoms with Crippen LogP contribution in [0.25, 0.3) is 0 Å². The van der Waals surface area contributed by atoms with E-state index in [-0.39, 0.29) is 24.0 Å². The number of rotatable bonds is 2. The predicted octanol–water partition coefficient (Wildman–Crippen LogP) is 0.600. The van der Waals surface area contributed by atoms with Crippen molar-refractivity contribution in [2.24, 2.45) is 5.73 Å². The molecule has 5 nitrogen and oxygen atoms in total. The van der Waals surface area contributed by atoms with E-state index in [9.17, 15) is 4.79 Å². The van der Waals surface area contributed by atoms with Gasteiger partial charge in [-0.3, -0.25) is 4.79 Å². The van der Waals surface area contributed by atoms with Crippen LogP contribution in [0.5, 0.6) is 0 Å². The van der Waals surface area contributed by atoms with Gasteiger partial charge in [0.05, 0.1) is 17.2 Å². The molecule has 0 radical (unpaired) electrons. The molecule has 0 saturated carbocycles. The molecule has 3 N–H and O–H groups in total. The summed E-state index contributed by atoms with van der Waals surface area (Å²) in [6.45, 7) is 4.91. The van der Waals surface area contributed by atoms with E-state index in [4.69, 9.17) is 11.0 Å². The van der Waals surface area contributed by atoms with Crippen molar-refractivity contribution >= 4 is 11.6 Å². The van der Waals surface area contributed by atoms with Crippen molar-refractivity contribution in [3.8, 4) is 6.07 Å². The fraction of sp³-hybridized carbons (Fsp3) is 0.429. The summed E-state index contributed by atoms with van der Waals surface area (Å²) >= 11 is 0. The first-order valence-electron chi connectivity index (χ1n) is 6.26. The highest BCUT2D eigenvalue weighted by molar-refractivity contribution is 5.87. The van der Waals surface area contributed by atoms with Crippen LogP contribution in [0.3, 0.4) is 0 Å². The Morgan fingerprint density at radius 2 is 2.11 bits per heavy atom. The lowest BCUT2D eigenvalue weighted by molar-refractivity contribution is -0.125. The Kier molecular flexibility index (Phi) is 3.45. The van der Waals surface area contributed by atoms with Gasteiger partial charge in [-0.1, -0.05) is 0 Å². The Bertz CT molecular complexity index is 515. The lowest BCUT2D eigenvalue weighted by Gasteiger charge is -2.44. The number of benzene rings is 1. The third-order valence-corrected chi connectivity index (χ3v) is 3.26. The molecule has 0 spiro atoms. The second-order valence-electron chi connectivity index (χ2n) is 5.41. The Labute approximate surface area is 113 Å². The molecule has 100 valence electrons. The molecule has 2 rings (SSSR count). The minimum absolute atomic E-state index is 0.0527. The monoisotopic (exact) mass is 258 g/mol. The molecular weight excluding hydrogens is 240 g/mol. The molecule has 19 heavy (non-hydrogen) atoms. The zero-order valence-electron chi connectivity index (χ0n) is 11.2. The summed E-state index contributed by atoms with van der Waals surface area (Å²) in [6.07, 6.45) is 0. The van der Waals surface area contributed by atoms with Gasteiger partial charge in [0.25, 0.3) is 0 Å². The first-order valence-corrected chi connectivity index (χ1v) is 6.26. The molecule has 1 heterocycles. The molecule has 1 aliphatic heterocycles. The van der Waals surface area contributed by atoms with Gasteiger partial charge in [-0.15, -0.1) is 0 Å². The largest absolute Gasteiger partial charge is 0.356 e. The van der Waals surface area contributed by atoms with Crippen LogP contribution in [0.1, 0.15) is 19.4 Å². The molecule has 1 amide bonds. The van der Waals surface area contributed by atoms with Crippen molar-refractivity contribution in [3.05, 3.63) is 29.8 Å². The summed E-state index contributed by atoms with van der Waals surface area (Å²) in [5.74, 6) is -0.0527. The summed E-state index contributed by atoms with van der Waals surface area (Å²) in [7, 11) is 0. The van der Waals surface area contributed by atoms with Gasteiger partial charge in [-0.2, -0.15) is 5.26 Å². The number of anilines is 1. The molecule has 1 atom stereocenters. The number of carbonyl (C=O) groups excluding carboxylic acids is 1. The van der Waals surface area contributed by atoms with Gasteiger partial charge in [-0.05, 0) is 38.1 Å². The number of nitriles is 1. The average molecular weight is 258 g/mol. The number of hydrogen-bond acceptors (Lipinski definition) is 4. The van der Waals surface area contributed by atoms with Gasteiger partial charge in [-0.25, -0.2) is 0 Å². The maximum Gasteiger partial charge on any atom is 0.244 e. The summed E-state index contributed by atoms with van der Waals surface area (Å²) < 4.78 is 0. The van der Waals surface area contributed by atoms with Crippen molar-refractivity contribution < 1.29 is 4.79 Å². The van der Waals surface area contributed by atoms with E-state index in [0.717, 1.165) is 5.69 Å². The number of hydrogen-bond donors (Lipinski definition) is 2. The van der Waals surface area contributed by atoms with E-state index in [2.05, 4.69) is 11.4 Å². The van der Waals surface area contributed by atoms with Gasteiger partial charge in [0.1, 0.15) is 6.04 Å². The Morgan fingerprint density at radius 3 is 2.63 bits per heavy atom. The third kappa shape index (κ3) is 2.69. The first-order chi connectivity index (χ1) is 8.96. The van der Waals surface area contributed by atoms with Gasteiger partial charge in [0, 0.05) is 18.8 Å². The average Bonchev–Trinajstić information content (AvgIpc) is 2.37. The number of nitrogens with two attached hydrogens (primary N) is 1. The van der Waals surface area contributed by atoms with Crippen LogP contribution in [-0.2, 0) is 4.79 Å². The smallest absolute Gasteiger partial charge is 0.244 e. The molecule has 0 aromatic heterocycles. The second kappa shape index (κ2) is 4.90. The molecule has 1 unspecified atom stereocenters. The van der Waals surface area contributed by atoms with Crippen molar-refractivity contribution in [1.29, 1.82) is 5.26 Å². The zero-order chi connectivity index (χ0) is 14.0. The van der Waals surface area contributed by atoms with Gasteiger partial charge < -0.3 is 16.0 Å². The molecule has 0 bridgehead atoms. The molecule has 1 saturated heterocycles. The highest BCUT2D eigenvalue weighted by Gasteiger charge is 2.37. The number of nitrogens with zero attached hydrogens (tertiary/aromatic N) is 2. The van der Waals surface area contributed by atoms with Crippen LogP contribution in [-0.4, -0.2) is 30.6 Å². The van der Waals surface area contributed by atoms with Crippen molar-refractivity contribution in [3.63, 3.8) is 0 Å². The van der Waals surface area contributed by atoms with Crippen molar-refractivity contribution in [2.45, 2.75) is 25.4 Å². The normalized spacial score (nSPS) is 21.7. The quantitative estimate of drug-likeness (QED) is 0.814. The summed E-state index contributed by atoms with van der Waals surface area (Å²) in [5, 5.41) is 11.8. The molecule has 0 aliphatic carbocycles. The summed E-state index contributed by atoms with van der Waals surface area (Å²) in [4.78, 5) is 14.1. The van der Waals surface area contributed by atoms with Gasteiger partial charge >= 0.3 is 0 Å². The fourth-order valence-corrected chi connectivity index (χ4v) is 2.37. The van der Waals surface area contributed by atoms with Crippen LogP contribution in [0, 0.1) is 11.3 Å². The van der Waals surface area contributed by atoms with Crippen molar-refractivity contribution in [1.82, 2.24) is 5.32 Å². The summed E-state index contributed by atoms with van der Waals surface area (Å²) in [6, 6.07) is 8.94. The van der Waals surface area contributed by atoms with E-state index in [1.165, 1.54) is 0 Å². The molecule has 1 aromatic carbocycles. The minimum atomic E-state index is -0.360. The van der Waals surface area contributed by atoms with E-state index in [1.54, 1.807) is 12.1 Å². The lowest BCUT2D eigenvalue weighted by atomic mass is 9.97. The van der Waals surface area contributed by atoms with Crippen LogP contribution in [0.15, 0.2) is 24.3 Å². The fourth-order valence-electron chi connectivity index (χ4n) is 2.37. The van der Waals surface area contributed by atoms with Crippen molar-refractivity contribution in [2.75, 3.05) is 18.0 Å². The van der Waals surface area contributed by atoms with E-state index in [1.807, 2.05) is 30.9 Å².